The lowest BCUT2D eigenvalue weighted by Crippen LogP contribution is -2.42. The third-order valence-corrected chi connectivity index (χ3v) is 5.46. The number of rotatable bonds is 6. The van der Waals surface area contributed by atoms with E-state index in [9.17, 15) is 4.39 Å². The zero-order valence-electron chi connectivity index (χ0n) is 17.0. The third kappa shape index (κ3) is 5.42. The number of aliphatic imine (C=N–C) groups is 1. The minimum absolute atomic E-state index is 0.142. The molecule has 3 rings (SSSR count). The predicted octanol–water partition coefficient (Wildman–Crippen LogP) is 2.52. The molecule has 0 bridgehead atoms. The lowest BCUT2D eigenvalue weighted by molar-refractivity contribution is 0.249. The van der Waals surface area contributed by atoms with E-state index in [-0.39, 0.29) is 5.82 Å². The van der Waals surface area contributed by atoms with Gasteiger partial charge < -0.3 is 15.1 Å². The first kappa shape index (κ1) is 20.1. The number of hydrogen-bond acceptors (Lipinski definition) is 3. The summed E-state index contributed by atoms with van der Waals surface area (Å²) in [6.45, 7) is 8.76. The number of nitrogens with one attached hydrogen (secondary N) is 1. The van der Waals surface area contributed by atoms with Crippen molar-refractivity contribution >= 4 is 5.96 Å². The van der Waals surface area contributed by atoms with Crippen LogP contribution >= 0.6 is 0 Å². The van der Waals surface area contributed by atoms with Gasteiger partial charge in [0.05, 0.1) is 6.54 Å². The van der Waals surface area contributed by atoms with E-state index in [1.807, 2.05) is 31.1 Å². The molecular weight excluding hydrogens is 341 g/mol. The van der Waals surface area contributed by atoms with E-state index >= 15 is 0 Å². The van der Waals surface area contributed by atoms with Crippen LogP contribution in [0.1, 0.15) is 37.3 Å². The maximum atomic E-state index is 14.0. The molecule has 2 saturated heterocycles. The zero-order chi connectivity index (χ0) is 19.2. The summed E-state index contributed by atoms with van der Waals surface area (Å²) in [7, 11) is 3.91. The Balaban J connectivity index is 1.65. The highest BCUT2D eigenvalue weighted by molar-refractivity contribution is 5.80. The molecule has 0 saturated carbocycles. The van der Waals surface area contributed by atoms with E-state index in [4.69, 9.17) is 4.99 Å². The van der Waals surface area contributed by atoms with E-state index in [0.717, 1.165) is 36.7 Å². The fourth-order valence-corrected chi connectivity index (χ4v) is 4.12. The van der Waals surface area contributed by atoms with Crippen LogP contribution in [0.15, 0.2) is 23.2 Å². The fourth-order valence-electron chi connectivity index (χ4n) is 4.12. The second-order valence-electron chi connectivity index (χ2n) is 7.97. The van der Waals surface area contributed by atoms with Crippen molar-refractivity contribution < 1.29 is 4.39 Å². The summed E-state index contributed by atoms with van der Waals surface area (Å²) in [4.78, 5) is 11.9. The van der Waals surface area contributed by atoms with Gasteiger partial charge in [-0.05, 0) is 71.1 Å². The molecule has 0 spiro atoms. The number of likely N-dealkylation sites (tertiary alicyclic amines) is 2. The smallest absolute Gasteiger partial charge is 0.194 e. The van der Waals surface area contributed by atoms with Crippen LogP contribution in [0.5, 0.6) is 0 Å². The second-order valence-corrected chi connectivity index (χ2v) is 7.97. The van der Waals surface area contributed by atoms with E-state index < -0.39 is 0 Å². The molecule has 150 valence electrons. The first-order chi connectivity index (χ1) is 13.1. The van der Waals surface area contributed by atoms with Crippen molar-refractivity contribution in [1.29, 1.82) is 0 Å². The summed E-state index contributed by atoms with van der Waals surface area (Å²) < 4.78 is 14.0. The topological polar surface area (TPSA) is 34.1 Å². The van der Waals surface area contributed by atoms with Crippen LogP contribution < -0.4 is 5.32 Å². The molecule has 2 fully saturated rings. The molecule has 0 radical (unpaired) electrons. The molecule has 1 atom stereocenters. The van der Waals surface area contributed by atoms with E-state index in [2.05, 4.69) is 22.0 Å². The van der Waals surface area contributed by atoms with Gasteiger partial charge in [-0.15, -0.1) is 0 Å². The average molecular weight is 376 g/mol. The maximum absolute atomic E-state index is 14.0. The van der Waals surface area contributed by atoms with Crippen molar-refractivity contribution in [3.05, 3.63) is 35.1 Å². The fraction of sp³-hybridized carbons (Fsp3) is 0.667. The quantitative estimate of drug-likeness (QED) is 0.612. The van der Waals surface area contributed by atoms with E-state index in [0.29, 0.717) is 19.1 Å². The van der Waals surface area contributed by atoms with Crippen LogP contribution in [-0.2, 0) is 13.1 Å². The lowest BCUT2D eigenvalue weighted by Gasteiger charge is -2.25. The molecule has 0 amide bonds. The Morgan fingerprint density at radius 1 is 1.26 bits per heavy atom. The number of hydrogen-bond donors (Lipinski definition) is 1. The Morgan fingerprint density at radius 3 is 2.74 bits per heavy atom. The molecule has 2 aliphatic heterocycles. The normalized spacial score (nSPS) is 21.4. The molecule has 6 heteroatoms. The number of nitrogens with zero attached hydrogens (tertiary/aromatic N) is 4. The van der Waals surface area contributed by atoms with Crippen LogP contribution in [-0.4, -0.2) is 73.5 Å². The van der Waals surface area contributed by atoms with Crippen LogP contribution in [0.25, 0.3) is 0 Å². The molecular formula is C21H34FN5. The van der Waals surface area contributed by atoms with Gasteiger partial charge in [-0.2, -0.15) is 0 Å². The second kappa shape index (κ2) is 9.51. The summed E-state index contributed by atoms with van der Waals surface area (Å²) in [5.41, 5.74) is 1.78. The summed E-state index contributed by atoms with van der Waals surface area (Å²) >= 11 is 0. The molecule has 1 aromatic rings. The van der Waals surface area contributed by atoms with Crippen LogP contribution in [0.2, 0.25) is 0 Å². The largest absolute Gasteiger partial charge is 0.357 e. The minimum Gasteiger partial charge on any atom is -0.357 e. The minimum atomic E-state index is -0.142. The highest BCUT2D eigenvalue weighted by Gasteiger charge is 2.30. The Hall–Kier alpha value is -1.66. The molecule has 5 nitrogen and oxygen atoms in total. The van der Waals surface area contributed by atoms with Gasteiger partial charge >= 0.3 is 0 Å². The Bertz CT molecular complexity index is 639. The van der Waals surface area contributed by atoms with Crippen molar-refractivity contribution in [2.75, 3.05) is 46.8 Å². The molecule has 0 aromatic heterocycles. The summed E-state index contributed by atoms with van der Waals surface area (Å²) in [5, 5.41) is 3.44. The lowest BCUT2D eigenvalue weighted by atomic mass is 10.1. The van der Waals surface area contributed by atoms with Gasteiger partial charge in [0.15, 0.2) is 5.96 Å². The molecule has 27 heavy (non-hydrogen) atoms. The van der Waals surface area contributed by atoms with Crippen molar-refractivity contribution in [3.63, 3.8) is 0 Å². The standard InChI is InChI=1S/C21H34FN5/c1-4-23-21(27-12-9-19(16-27)26-10-5-6-11-26)24-14-17-7-8-20(22)18(13-17)15-25(2)3/h7-8,13,19H,4-6,9-12,14-16H2,1-3H3,(H,23,24). The van der Waals surface area contributed by atoms with Gasteiger partial charge in [-0.1, -0.05) is 6.07 Å². The number of benzene rings is 1. The highest BCUT2D eigenvalue weighted by Crippen LogP contribution is 2.21. The van der Waals surface area contributed by atoms with Crippen molar-refractivity contribution in [3.8, 4) is 0 Å². The molecule has 0 aliphatic carbocycles. The van der Waals surface area contributed by atoms with Gasteiger partial charge in [0.1, 0.15) is 5.82 Å². The number of halogens is 1. The van der Waals surface area contributed by atoms with Crippen molar-refractivity contribution in [1.82, 2.24) is 20.0 Å². The Kier molecular flexibility index (Phi) is 7.07. The van der Waals surface area contributed by atoms with Crippen LogP contribution in [0.4, 0.5) is 4.39 Å². The van der Waals surface area contributed by atoms with Gasteiger partial charge in [0, 0.05) is 37.8 Å². The van der Waals surface area contributed by atoms with Crippen molar-refractivity contribution in [2.24, 2.45) is 4.99 Å². The average Bonchev–Trinajstić information content (AvgIpc) is 3.32. The first-order valence-corrected chi connectivity index (χ1v) is 10.3. The van der Waals surface area contributed by atoms with Gasteiger partial charge in [-0.25, -0.2) is 9.38 Å². The van der Waals surface area contributed by atoms with Gasteiger partial charge in [0.25, 0.3) is 0 Å². The predicted molar refractivity (Wildman–Crippen MR) is 109 cm³/mol. The summed E-state index contributed by atoms with van der Waals surface area (Å²) in [5.74, 6) is 0.842. The highest BCUT2D eigenvalue weighted by atomic mass is 19.1. The SMILES string of the molecule is CCNC(=NCc1ccc(F)c(CN(C)C)c1)N1CCC(N2CCCC2)C1. The van der Waals surface area contributed by atoms with Gasteiger partial charge in [-0.3, -0.25) is 4.90 Å². The van der Waals surface area contributed by atoms with E-state index in [1.165, 1.54) is 32.4 Å². The van der Waals surface area contributed by atoms with Gasteiger partial charge in [0.2, 0.25) is 0 Å². The molecule has 2 aliphatic rings. The zero-order valence-corrected chi connectivity index (χ0v) is 17.0. The summed E-state index contributed by atoms with van der Waals surface area (Å²) in [6.07, 6.45) is 3.89. The van der Waals surface area contributed by atoms with Crippen LogP contribution in [0.3, 0.4) is 0 Å². The van der Waals surface area contributed by atoms with Crippen molar-refractivity contribution in [2.45, 2.75) is 45.3 Å². The Labute approximate surface area is 163 Å². The maximum Gasteiger partial charge on any atom is 0.194 e. The summed E-state index contributed by atoms with van der Waals surface area (Å²) in [6, 6.07) is 6.02. The molecule has 1 aromatic carbocycles. The first-order valence-electron chi connectivity index (χ1n) is 10.3. The van der Waals surface area contributed by atoms with Crippen LogP contribution in [0, 0.1) is 5.82 Å². The third-order valence-electron chi connectivity index (χ3n) is 5.46. The monoisotopic (exact) mass is 375 g/mol. The molecule has 2 heterocycles. The molecule has 1 N–H and O–H groups in total. The van der Waals surface area contributed by atoms with E-state index in [1.54, 1.807) is 6.07 Å². The molecule has 1 unspecified atom stereocenters. The Morgan fingerprint density at radius 2 is 2.04 bits per heavy atom. The number of guanidine groups is 1.